The second-order valence-corrected chi connectivity index (χ2v) is 13.2. The van der Waals surface area contributed by atoms with Crippen LogP contribution in [0.4, 0.5) is 0 Å². The van der Waals surface area contributed by atoms with Crippen molar-refractivity contribution in [2.75, 3.05) is 0 Å². The van der Waals surface area contributed by atoms with Crippen LogP contribution in [-0.2, 0) is 4.79 Å². The summed E-state index contributed by atoms with van der Waals surface area (Å²) in [5.41, 5.74) is 1.87. The summed E-state index contributed by atoms with van der Waals surface area (Å²) in [4.78, 5) is 14.4. The number of rotatable bonds is 3. The van der Waals surface area contributed by atoms with Crippen molar-refractivity contribution in [3.8, 4) is 0 Å². The van der Waals surface area contributed by atoms with Gasteiger partial charge in [-0.3, -0.25) is 4.79 Å². The van der Waals surface area contributed by atoms with Gasteiger partial charge in [-0.15, -0.1) is 0 Å². The number of carbonyl (C=O) groups is 1. The molecule has 1 aliphatic carbocycles. The summed E-state index contributed by atoms with van der Waals surface area (Å²) in [6.07, 6.45) is 3.70. The maximum Gasteiger partial charge on any atom is 0.156 e. The van der Waals surface area contributed by atoms with Gasteiger partial charge in [0.2, 0.25) is 0 Å². The average Bonchev–Trinajstić information content (AvgIpc) is 2.30. The van der Waals surface area contributed by atoms with Crippen LogP contribution in [0.1, 0.15) is 18.4 Å². The van der Waals surface area contributed by atoms with Crippen molar-refractivity contribution in [2.45, 2.75) is 49.8 Å². The molecule has 0 saturated heterocycles. The van der Waals surface area contributed by atoms with E-state index in [4.69, 9.17) is 0 Å². The highest BCUT2D eigenvalue weighted by Crippen LogP contribution is 2.41. The van der Waals surface area contributed by atoms with Gasteiger partial charge in [0.05, 0.1) is 0 Å². The summed E-state index contributed by atoms with van der Waals surface area (Å²) >= 11 is 1.76. The molecule has 1 aliphatic rings. The Morgan fingerprint density at radius 2 is 1.74 bits per heavy atom. The molecule has 0 N–H and O–H groups in total. The molecule has 0 aliphatic heterocycles. The van der Waals surface area contributed by atoms with E-state index in [1.165, 1.54) is 15.4 Å². The zero-order chi connectivity index (χ0) is 14.0. The molecule has 19 heavy (non-hydrogen) atoms. The minimum absolute atomic E-state index is 0.313. The molecule has 1 unspecified atom stereocenters. The van der Waals surface area contributed by atoms with Crippen molar-refractivity contribution >= 4 is 25.6 Å². The van der Waals surface area contributed by atoms with Crippen LogP contribution >= 0.6 is 11.8 Å². The van der Waals surface area contributed by atoms with Crippen molar-refractivity contribution < 1.29 is 4.79 Å². The summed E-state index contributed by atoms with van der Waals surface area (Å²) in [6, 6.07) is 8.54. The van der Waals surface area contributed by atoms with Crippen LogP contribution in [0.2, 0.25) is 25.2 Å². The SMILES string of the molecule is Cc1ccc(SC2=CC(=O)CC([Si](C)(C)C)C2)cc1. The van der Waals surface area contributed by atoms with Crippen LogP contribution < -0.4 is 0 Å². The van der Waals surface area contributed by atoms with Crippen LogP contribution in [-0.4, -0.2) is 13.9 Å². The third-order valence-corrected chi connectivity index (χ3v) is 7.62. The molecule has 3 heteroatoms. The average molecular weight is 291 g/mol. The minimum atomic E-state index is -1.24. The van der Waals surface area contributed by atoms with E-state index >= 15 is 0 Å². The van der Waals surface area contributed by atoms with Crippen LogP contribution in [0.25, 0.3) is 0 Å². The summed E-state index contributed by atoms with van der Waals surface area (Å²) in [5.74, 6) is 0.313. The summed E-state index contributed by atoms with van der Waals surface area (Å²) < 4.78 is 0. The van der Waals surface area contributed by atoms with Gasteiger partial charge in [-0.1, -0.05) is 49.1 Å². The fraction of sp³-hybridized carbons (Fsp3) is 0.438. The Kier molecular flexibility index (Phi) is 4.36. The minimum Gasteiger partial charge on any atom is -0.295 e. The second-order valence-electron chi connectivity index (χ2n) is 6.46. The van der Waals surface area contributed by atoms with Crippen LogP contribution in [0, 0.1) is 6.92 Å². The molecule has 0 bridgehead atoms. The van der Waals surface area contributed by atoms with Gasteiger partial charge in [-0.25, -0.2) is 0 Å². The molecule has 0 saturated carbocycles. The molecule has 1 aromatic rings. The zero-order valence-corrected chi connectivity index (χ0v) is 14.0. The van der Waals surface area contributed by atoms with E-state index in [2.05, 4.69) is 50.8 Å². The van der Waals surface area contributed by atoms with Gasteiger partial charge in [0.15, 0.2) is 5.78 Å². The first-order valence-electron chi connectivity index (χ1n) is 6.82. The molecule has 2 rings (SSSR count). The highest BCUT2D eigenvalue weighted by atomic mass is 32.2. The maximum absolute atomic E-state index is 11.9. The van der Waals surface area contributed by atoms with Crippen molar-refractivity contribution in [2.24, 2.45) is 0 Å². The Bertz CT molecular complexity index is 496. The summed E-state index contributed by atoms with van der Waals surface area (Å²) in [5, 5.41) is 0. The summed E-state index contributed by atoms with van der Waals surface area (Å²) in [7, 11) is -1.24. The first-order chi connectivity index (χ1) is 8.84. The number of ketones is 1. The normalized spacial score (nSPS) is 20.3. The smallest absolute Gasteiger partial charge is 0.156 e. The fourth-order valence-electron chi connectivity index (χ4n) is 2.30. The lowest BCUT2D eigenvalue weighted by molar-refractivity contribution is -0.115. The third-order valence-electron chi connectivity index (χ3n) is 3.71. The molecular formula is C16H22OSSi. The molecule has 0 fully saturated rings. The predicted molar refractivity (Wildman–Crippen MR) is 86.5 cm³/mol. The molecule has 0 heterocycles. The molecular weight excluding hydrogens is 268 g/mol. The van der Waals surface area contributed by atoms with E-state index in [1.54, 1.807) is 11.8 Å². The lowest BCUT2D eigenvalue weighted by Gasteiger charge is -2.31. The highest BCUT2D eigenvalue weighted by molar-refractivity contribution is 8.03. The molecule has 102 valence electrons. The number of aryl methyl sites for hydroxylation is 1. The Morgan fingerprint density at radius 1 is 1.11 bits per heavy atom. The highest BCUT2D eigenvalue weighted by Gasteiger charge is 2.31. The Hall–Kier alpha value is -0.803. The van der Waals surface area contributed by atoms with E-state index in [1.807, 2.05) is 6.08 Å². The van der Waals surface area contributed by atoms with Gasteiger partial charge in [0, 0.05) is 19.4 Å². The lowest BCUT2D eigenvalue weighted by atomic mass is 10.1. The number of benzene rings is 1. The molecule has 0 aromatic heterocycles. The first kappa shape index (κ1) is 14.6. The summed E-state index contributed by atoms with van der Waals surface area (Å²) in [6.45, 7) is 9.19. The van der Waals surface area contributed by atoms with E-state index in [0.29, 0.717) is 11.3 Å². The first-order valence-corrected chi connectivity index (χ1v) is 11.2. The monoisotopic (exact) mass is 290 g/mol. The van der Waals surface area contributed by atoms with Gasteiger partial charge in [0.1, 0.15) is 0 Å². The van der Waals surface area contributed by atoms with Crippen molar-refractivity contribution in [1.82, 2.24) is 0 Å². The molecule has 0 amide bonds. The van der Waals surface area contributed by atoms with Gasteiger partial charge >= 0.3 is 0 Å². The molecule has 1 nitrogen and oxygen atoms in total. The lowest BCUT2D eigenvalue weighted by Crippen LogP contribution is -2.31. The number of thioether (sulfide) groups is 1. The zero-order valence-electron chi connectivity index (χ0n) is 12.2. The van der Waals surface area contributed by atoms with Crippen molar-refractivity contribution in [1.29, 1.82) is 0 Å². The molecule has 0 radical (unpaired) electrons. The van der Waals surface area contributed by atoms with Gasteiger partial charge in [0.25, 0.3) is 0 Å². The van der Waals surface area contributed by atoms with Gasteiger partial charge in [-0.05, 0) is 42.0 Å². The maximum atomic E-state index is 11.9. The van der Waals surface area contributed by atoms with E-state index in [9.17, 15) is 4.79 Å². The van der Waals surface area contributed by atoms with Gasteiger partial charge in [-0.2, -0.15) is 0 Å². The number of allylic oxidation sites excluding steroid dienone is 2. The quantitative estimate of drug-likeness (QED) is 0.725. The van der Waals surface area contributed by atoms with Crippen LogP contribution in [0.3, 0.4) is 0 Å². The standard InChI is InChI=1S/C16H22OSSi/c1-12-5-7-14(8-6-12)18-15-9-13(17)10-16(11-15)19(2,3)4/h5-9,16H,10-11H2,1-4H3. The fourth-order valence-corrected chi connectivity index (χ4v) is 5.14. The number of hydrogen-bond donors (Lipinski definition) is 0. The number of carbonyl (C=O) groups excluding carboxylic acids is 1. The third kappa shape index (κ3) is 4.08. The molecule has 1 aromatic carbocycles. The largest absolute Gasteiger partial charge is 0.295 e. The second kappa shape index (κ2) is 5.67. The van der Waals surface area contributed by atoms with E-state index in [0.717, 1.165) is 12.8 Å². The van der Waals surface area contributed by atoms with Crippen LogP contribution in [0.15, 0.2) is 40.1 Å². The van der Waals surface area contributed by atoms with Crippen molar-refractivity contribution in [3.63, 3.8) is 0 Å². The molecule has 0 spiro atoms. The Labute approximate surface area is 121 Å². The predicted octanol–water partition coefficient (Wildman–Crippen LogP) is 5.04. The molecule has 1 atom stereocenters. The Morgan fingerprint density at radius 3 is 2.32 bits per heavy atom. The van der Waals surface area contributed by atoms with Gasteiger partial charge < -0.3 is 0 Å². The van der Waals surface area contributed by atoms with Crippen LogP contribution in [0.5, 0.6) is 0 Å². The Balaban J connectivity index is 2.12. The van der Waals surface area contributed by atoms with Crippen molar-refractivity contribution in [3.05, 3.63) is 40.8 Å². The topological polar surface area (TPSA) is 17.1 Å². The number of hydrogen-bond acceptors (Lipinski definition) is 2. The van der Waals surface area contributed by atoms with E-state index < -0.39 is 8.07 Å². The van der Waals surface area contributed by atoms with E-state index in [-0.39, 0.29) is 0 Å².